The van der Waals surface area contributed by atoms with Gasteiger partial charge in [0.2, 0.25) is 5.91 Å². The third-order valence-electron chi connectivity index (χ3n) is 5.39. The maximum absolute atomic E-state index is 13.1. The van der Waals surface area contributed by atoms with Crippen LogP contribution in [-0.4, -0.2) is 17.4 Å². The molecule has 0 aliphatic rings. The largest absolute Gasteiger partial charge is 0.489 e. The molecule has 1 unspecified atom stereocenters. The molecule has 0 spiro atoms. The van der Waals surface area contributed by atoms with E-state index in [0.717, 1.165) is 61.9 Å². The van der Waals surface area contributed by atoms with Crippen LogP contribution in [0.2, 0.25) is 0 Å². The first-order chi connectivity index (χ1) is 14.2. The molecule has 3 nitrogen and oxygen atoms in total. The van der Waals surface area contributed by atoms with Gasteiger partial charge in [-0.2, -0.15) is 0 Å². The molecule has 3 heteroatoms. The molecular weight excluding hydrogens is 358 g/mol. The number of benzene rings is 2. The van der Waals surface area contributed by atoms with Crippen molar-refractivity contribution in [1.82, 2.24) is 4.90 Å². The van der Waals surface area contributed by atoms with Gasteiger partial charge in [-0.05, 0) is 42.5 Å². The lowest BCUT2D eigenvalue weighted by Crippen LogP contribution is -2.36. The van der Waals surface area contributed by atoms with Crippen molar-refractivity contribution in [3.63, 3.8) is 0 Å². The van der Waals surface area contributed by atoms with Crippen LogP contribution in [0.1, 0.15) is 70.4 Å². The number of ether oxygens (including phenoxy) is 1. The first-order valence-corrected chi connectivity index (χ1v) is 11.2. The summed E-state index contributed by atoms with van der Waals surface area (Å²) in [4.78, 5) is 15.2. The predicted molar refractivity (Wildman–Crippen MR) is 121 cm³/mol. The minimum atomic E-state index is 0.153. The highest BCUT2D eigenvalue weighted by Crippen LogP contribution is 2.20. The SMILES string of the molecule is CCCCC(CC)C(=O)N(CCCC)Cc1ccc(OCc2ccccc2)cc1. The van der Waals surface area contributed by atoms with Gasteiger partial charge < -0.3 is 9.64 Å². The zero-order valence-electron chi connectivity index (χ0n) is 18.4. The van der Waals surface area contributed by atoms with Crippen LogP contribution in [-0.2, 0) is 17.9 Å². The van der Waals surface area contributed by atoms with Crippen molar-refractivity contribution < 1.29 is 9.53 Å². The Labute approximate surface area is 177 Å². The maximum atomic E-state index is 13.1. The highest BCUT2D eigenvalue weighted by molar-refractivity contribution is 5.78. The first-order valence-electron chi connectivity index (χ1n) is 11.2. The van der Waals surface area contributed by atoms with Crippen LogP contribution < -0.4 is 4.74 Å². The van der Waals surface area contributed by atoms with E-state index in [-0.39, 0.29) is 5.92 Å². The molecule has 0 N–H and O–H groups in total. The number of unbranched alkanes of at least 4 members (excludes halogenated alkanes) is 2. The van der Waals surface area contributed by atoms with Crippen molar-refractivity contribution in [2.45, 2.75) is 72.4 Å². The van der Waals surface area contributed by atoms with Crippen molar-refractivity contribution in [2.75, 3.05) is 6.54 Å². The number of hydrogen-bond acceptors (Lipinski definition) is 2. The number of hydrogen-bond donors (Lipinski definition) is 0. The Morgan fingerprint density at radius 2 is 1.59 bits per heavy atom. The minimum Gasteiger partial charge on any atom is -0.489 e. The third-order valence-corrected chi connectivity index (χ3v) is 5.39. The van der Waals surface area contributed by atoms with E-state index in [1.807, 2.05) is 30.3 Å². The molecule has 158 valence electrons. The summed E-state index contributed by atoms with van der Waals surface area (Å²) in [5.74, 6) is 1.33. The highest BCUT2D eigenvalue weighted by Gasteiger charge is 2.22. The van der Waals surface area contributed by atoms with Crippen LogP contribution in [0.25, 0.3) is 0 Å². The first kappa shape index (κ1) is 23.0. The number of carbonyl (C=O) groups excluding carboxylic acids is 1. The van der Waals surface area contributed by atoms with Crippen LogP contribution in [0, 0.1) is 5.92 Å². The fraction of sp³-hybridized carbons (Fsp3) is 0.500. The van der Waals surface area contributed by atoms with Gasteiger partial charge in [0.1, 0.15) is 12.4 Å². The second kappa shape index (κ2) is 13.0. The number of rotatable bonds is 13. The highest BCUT2D eigenvalue weighted by atomic mass is 16.5. The molecule has 0 saturated heterocycles. The Bertz CT molecular complexity index is 696. The number of carbonyl (C=O) groups is 1. The van der Waals surface area contributed by atoms with Gasteiger partial charge in [0.15, 0.2) is 0 Å². The summed E-state index contributed by atoms with van der Waals surface area (Å²) in [5, 5.41) is 0. The molecule has 0 fully saturated rings. The minimum absolute atomic E-state index is 0.153. The molecule has 2 aromatic rings. The van der Waals surface area contributed by atoms with Crippen LogP contribution in [0.3, 0.4) is 0 Å². The van der Waals surface area contributed by atoms with E-state index in [4.69, 9.17) is 4.74 Å². The smallest absolute Gasteiger partial charge is 0.225 e. The summed E-state index contributed by atoms with van der Waals surface area (Å²) in [6.07, 6.45) is 6.34. The summed E-state index contributed by atoms with van der Waals surface area (Å²) in [7, 11) is 0. The molecule has 2 aromatic carbocycles. The average molecular weight is 396 g/mol. The second-order valence-corrected chi connectivity index (χ2v) is 7.78. The topological polar surface area (TPSA) is 29.5 Å². The molecule has 0 aliphatic heterocycles. The van der Waals surface area contributed by atoms with E-state index in [0.29, 0.717) is 19.1 Å². The maximum Gasteiger partial charge on any atom is 0.225 e. The molecule has 1 atom stereocenters. The molecule has 0 saturated carbocycles. The summed E-state index contributed by atoms with van der Waals surface area (Å²) in [6.45, 7) is 8.58. The Kier molecular flexibility index (Phi) is 10.3. The molecule has 1 amide bonds. The van der Waals surface area contributed by atoms with E-state index in [9.17, 15) is 4.79 Å². The third kappa shape index (κ3) is 7.92. The van der Waals surface area contributed by atoms with Crippen molar-refractivity contribution >= 4 is 5.91 Å². The molecule has 2 rings (SSSR count). The quantitative estimate of drug-likeness (QED) is 0.382. The van der Waals surface area contributed by atoms with E-state index >= 15 is 0 Å². The van der Waals surface area contributed by atoms with Gasteiger partial charge in [-0.25, -0.2) is 0 Å². The molecule has 0 heterocycles. The summed E-state index contributed by atoms with van der Waals surface area (Å²) in [6, 6.07) is 18.4. The number of nitrogens with zero attached hydrogens (tertiary/aromatic N) is 1. The standard InChI is InChI=1S/C26H37NO2/c1-4-7-14-24(6-3)26(28)27(19-8-5-2)20-22-15-17-25(18-16-22)29-21-23-12-10-9-11-13-23/h9-13,15-18,24H,4-8,14,19-21H2,1-3H3. The van der Waals surface area contributed by atoms with Crippen molar-refractivity contribution in [1.29, 1.82) is 0 Å². The Hall–Kier alpha value is -2.29. The fourth-order valence-electron chi connectivity index (χ4n) is 3.48. The second-order valence-electron chi connectivity index (χ2n) is 7.78. The van der Waals surface area contributed by atoms with E-state index in [1.54, 1.807) is 0 Å². The lowest BCUT2D eigenvalue weighted by atomic mass is 9.97. The van der Waals surface area contributed by atoms with Gasteiger partial charge in [-0.1, -0.05) is 82.5 Å². The van der Waals surface area contributed by atoms with E-state index < -0.39 is 0 Å². The van der Waals surface area contributed by atoms with Crippen LogP contribution in [0.5, 0.6) is 5.75 Å². The van der Waals surface area contributed by atoms with Gasteiger partial charge in [0.25, 0.3) is 0 Å². The number of amides is 1. The summed E-state index contributed by atoms with van der Waals surface area (Å²) >= 11 is 0. The Morgan fingerprint density at radius 1 is 0.897 bits per heavy atom. The fourth-order valence-corrected chi connectivity index (χ4v) is 3.48. The van der Waals surface area contributed by atoms with Crippen LogP contribution in [0.15, 0.2) is 54.6 Å². The van der Waals surface area contributed by atoms with Crippen molar-refractivity contribution in [3.05, 3.63) is 65.7 Å². The lowest BCUT2D eigenvalue weighted by Gasteiger charge is -2.27. The molecular formula is C26H37NO2. The molecule has 0 aromatic heterocycles. The summed E-state index contributed by atoms with van der Waals surface area (Å²) in [5.41, 5.74) is 2.32. The van der Waals surface area contributed by atoms with Gasteiger partial charge in [-0.3, -0.25) is 4.79 Å². The molecule has 0 aliphatic carbocycles. The monoisotopic (exact) mass is 395 g/mol. The zero-order chi connectivity index (χ0) is 20.9. The van der Waals surface area contributed by atoms with Crippen LogP contribution >= 0.6 is 0 Å². The molecule has 0 radical (unpaired) electrons. The van der Waals surface area contributed by atoms with Gasteiger partial charge in [0, 0.05) is 19.0 Å². The summed E-state index contributed by atoms with van der Waals surface area (Å²) < 4.78 is 5.88. The van der Waals surface area contributed by atoms with Gasteiger partial charge in [0.05, 0.1) is 0 Å². The molecule has 29 heavy (non-hydrogen) atoms. The van der Waals surface area contributed by atoms with Crippen LogP contribution in [0.4, 0.5) is 0 Å². The molecule has 0 bridgehead atoms. The predicted octanol–water partition coefficient (Wildman–Crippen LogP) is 6.61. The van der Waals surface area contributed by atoms with Gasteiger partial charge in [-0.15, -0.1) is 0 Å². The Balaban J connectivity index is 1.97. The van der Waals surface area contributed by atoms with Gasteiger partial charge >= 0.3 is 0 Å². The Morgan fingerprint density at radius 3 is 2.21 bits per heavy atom. The normalized spacial score (nSPS) is 11.8. The zero-order valence-corrected chi connectivity index (χ0v) is 18.4. The van der Waals surface area contributed by atoms with Crippen molar-refractivity contribution in [2.24, 2.45) is 5.92 Å². The van der Waals surface area contributed by atoms with E-state index in [2.05, 4.69) is 49.9 Å². The van der Waals surface area contributed by atoms with E-state index in [1.165, 1.54) is 0 Å². The van der Waals surface area contributed by atoms with Crippen molar-refractivity contribution in [3.8, 4) is 5.75 Å². The lowest BCUT2D eigenvalue weighted by molar-refractivity contribution is -0.136. The average Bonchev–Trinajstić information content (AvgIpc) is 2.77.